The van der Waals surface area contributed by atoms with Crippen molar-refractivity contribution in [1.29, 1.82) is 0 Å². The van der Waals surface area contributed by atoms with Crippen LogP contribution in [0.3, 0.4) is 0 Å². The smallest absolute Gasteiger partial charge is 0.229 e. The van der Waals surface area contributed by atoms with Gasteiger partial charge in [-0.05, 0) is 18.9 Å². The fraction of sp³-hybridized carbons (Fsp3) is 0.462. The van der Waals surface area contributed by atoms with Gasteiger partial charge in [0.2, 0.25) is 5.95 Å². The molecule has 1 saturated heterocycles. The van der Waals surface area contributed by atoms with Gasteiger partial charge in [0.1, 0.15) is 5.82 Å². The quantitative estimate of drug-likeness (QED) is 0.903. The van der Waals surface area contributed by atoms with E-state index in [1.165, 1.54) is 0 Å². The van der Waals surface area contributed by atoms with Gasteiger partial charge in [0.25, 0.3) is 0 Å². The van der Waals surface area contributed by atoms with Crippen LogP contribution in [0.4, 0.5) is 17.5 Å². The molecule has 0 bridgehead atoms. The molecule has 0 spiro atoms. The first kappa shape index (κ1) is 14.1. The van der Waals surface area contributed by atoms with Crippen LogP contribution < -0.4 is 10.6 Å². The van der Waals surface area contributed by atoms with Crippen LogP contribution in [-0.2, 0) is 4.74 Å². The number of rotatable bonds is 4. The van der Waals surface area contributed by atoms with Gasteiger partial charge in [-0.1, -0.05) is 11.6 Å². The van der Waals surface area contributed by atoms with Crippen LogP contribution in [0.25, 0.3) is 0 Å². The molecule has 3 rings (SSSR count). The van der Waals surface area contributed by atoms with Crippen LogP contribution in [0, 0.1) is 0 Å². The molecule has 21 heavy (non-hydrogen) atoms. The van der Waals surface area contributed by atoms with Gasteiger partial charge in [0.05, 0.1) is 17.9 Å². The second-order valence-corrected chi connectivity index (χ2v) is 5.14. The Morgan fingerprint density at radius 2 is 2.19 bits per heavy atom. The van der Waals surface area contributed by atoms with Gasteiger partial charge in [-0.3, -0.25) is 0 Å². The predicted molar refractivity (Wildman–Crippen MR) is 81.2 cm³/mol. The van der Waals surface area contributed by atoms with Gasteiger partial charge in [-0.25, -0.2) is 9.67 Å². The maximum atomic E-state index is 6.41. The van der Waals surface area contributed by atoms with Crippen molar-refractivity contribution >= 4 is 29.1 Å². The zero-order valence-corrected chi connectivity index (χ0v) is 12.5. The minimum atomic E-state index is 0.284. The molecular formula is C13H17ClN6O. The number of anilines is 3. The predicted octanol–water partition coefficient (Wildman–Crippen LogP) is 2.46. The zero-order valence-electron chi connectivity index (χ0n) is 11.7. The van der Waals surface area contributed by atoms with Crippen LogP contribution in [0.2, 0.25) is 5.15 Å². The Morgan fingerprint density at radius 3 is 2.95 bits per heavy atom. The van der Waals surface area contributed by atoms with Gasteiger partial charge < -0.3 is 15.4 Å². The number of nitrogens with zero attached hydrogens (tertiary/aromatic N) is 4. The van der Waals surface area contributed by atoms with Crippen LogP contribution in [-0.4, -0.2) is 40.0 Å². The first-order valence-corrected chi connectivity index (χ1v) is 7.24. The van der Waals surface area contributed by atoms with Gasteiger partial charge in [-0.2, -0.15) is 10.1 Å². The monoisotopic (exact) mass is 308 g/mol. The van der Waals surface area contributed by atoms with E-state index in [1.807, 2.05) is 11.7 Å². The SMILES string of the molecule is CNc1ccnc(Nc2cnn(C3CCOCC3)c2Cl)n1. The fourth-order valence-corrected chi connectivity index (χ4v) is 2.57. The summed E-state index contributed by atoms with van der Waals surface area (Å²) in [5, 5.41) is 11.0. The largest absolute Gasteiger partial charge is 0.381 e. The highest BCUT2D eigenvalue weighted by Crippen LogP contribution is 2.30. The van der Waals surface area contributed by atoms with Crippen LogP contribution in [0.1, 0.15) is 18.9 Å². The van der Waals surface area contributed by atoms with Crippen molar-refractivity contribution in [1.82, 2.24) is 19.7 Å². The van der Waals surface area contributed by atoms with Gasteiger partial charge >= 0.3 is 0 Å². The topological polar surface area (TPSA) is 76.9 Å². The number of hydrogen-bond donors (Lipinski definition) is 2. The van der Waals surface area contributed by atoms with E-state index in [1.54, 1.807) is 18.5 Å². The molecule has 0 amide bonds. The van der Waals surface area contributed by atoms with Crippen molar-refractivity contribution in [3.8, 4) is 0 Å². The highest BCUT2D eigenvalue weighted by Gasteiger charge is 2.20. The molecule has 0 atom stereocenters. The average molecular weight is 309 g/mol. The molecule has 3 heterocycles. The fourth-order valence-electron chi connectivity index (χ4n) is 2.29. The van der Waals surface area contributed by atoms with E-state index < -0.39 is 0 Å². The molecule has 2 N–H and O–H groups in total. The molecule has 0 radical (unpaired) electrons. The first-order valence-electron chi connectivity index (χ1n) is 6.86. The van der Waals surface area contributed by atoms with E-state index >= 15 is 0 Å². The molecule has 1 fully saturated rings. The van der Waals surface area contributed by atoms with Crippen LogP contribution in [0.15, 0.2) is 18.5 Å². The average Bonchev–Trinajstić information content (AvgIpc) is 2.89. The van der Waals surface area contributed by atoms with Crippen LogP contribution in [0.5, 0.6) is 0 Å². The first-order chi connectivity index (χ1) is 10.3. The zero-order chi connectivity index (χ0) is 14.7. The summed E-state index contributed by atoms with van der Waals surface area (Å²) in [7, 11) is 1.81. The summed E-state index contributed by atoms with van der Waals surface area (Å²) in [6.07, 6.45) is 5.23. The molecule has 1 aliphatic rings. The Balaban J connectivity index is 1.78. The lowest BCUT2D eigenvalue weighted by Crippen LogP contribution is -2.20. The summed E-state index contributed by atoms with van der Waals surface area (Å²) in [4.78, 5) is 8.47. The van der Waals surface area contributed by atoms with E-state index in [-0.39, 0.29) is 6.04 Å². The van der Waals surface area contributed by atoms with Crippen molar-refractivity contribution in [3.05, 3.63) is 23.6 Å². The molecule has 8 heteroatoms. The van der Waals surface area contributed by atoms with E-state index in [0.29, 0.717) is 16.8 Å². The van der Waals surface area contributed by atoms with Crippen molar-refractivity contribution < 1.29 is 4.74 Å². The molecule has 0 saturated carbocycles. The lowest BCUT2D eigenvalue weighted by Gasteiger charge is -2.23. The summed E-state index contributed by atoms with van der Waals surface area (Å²) in [5.74, 6) is 1.22. The Hall–Kier alpha value is -1.86. The van der Waals surface area contributed by atoms with Crippen molar-refractivity contribution in [2.24, 2.45) is 0 Å². The summed E-state index contributed by atoms with van der Waals surface area (Å²) in [6, 6.07) is 2.07. The molecule has 112 valence electrons. The highest BCUT2D eigenvalue weighted by atomic mass is 35.5. The van der Waals surface area contributed by atoms with E-state index in [9.17, 15) is 0 Å². The standard InChI is InChI=1S/C13H17ClN6O/c1-15-11-2-5-16-13(19-11)18-10-8-17-20(12(10)14)9-3-6-21-7-4-9/h2,5,8-9H,3-4,6-7H2,1H3,(H2,15,16,18,19). The van der Waals surface area contributed by atoms with Crippen molar-refractivity contribution in [3.63, 3.8) is 0 Å². The molecule has 7 nitrogen and oxygen atoms in total. The number of halogens is 1. The Morgan fingerprint density at radius 1 is 1.38 bits per heavy atom. The Bertz CT molecular complexity index is 610. The second kappa shape index (κ2) is 6.28. The molecule has 0 aromatic carbocycles. The highest BCUT2D eigenvalue weighted by molar-refractivity contribution is 6.32. The van der Waals surface area contributed by atoms with Gasteiger partial charge in [0.15, 0.2) is 5.15 Å². The Labute approximate surface area is 127 Å². The number of nitrogens with one attached hydrogen (secondary N) is 2. The minimum Gasteiger partial charge on any atom is -0.381 e. The number of hydrogen-bond acceptors (Lipinski definition) is 6. The number of aromatic nitrogens is 4. The van der Waals surface area contributed by atoms with Gasteiger partial charge in [0, 0.05) is 26.5 Å². The summed E-state index contributed by atoms with van der Waals surface area (Å²) in [6.45, 7) is 1.49. The van der Waals surface area contributed by atoms with Gasteiger partial charge in [-0.15, -0.1) is 0 Å². The molecular weight excluding hydrogens is 292 g/mol. The maximum Gasteiger partial charge on any atom is 0.229 e. The maximum absolute atomic E-state index is 6.41. The summed E-state index contributed by atoms with van der Waals surface area (Å²) in [5.41, 5.74) is 0.705. The molecule has 2 aromatic heterocycles. The van der Waals surface area contributed by atoms with E-state index in [0.717, 1.165) is 31.9 Å². The third-order valence-corrected chi connectivity index (χ3v) is 3.81. The number of ether oxygens (including phenoxy) is 1. The molecule has 0 unspecified atom stereocenters. The van der Waals surface area contributed by atoms with Crippen molar-refractivity contribution in [2.75, 3.05) is 30.9 Å². The lowest BCUT2D eigenvalue weighted by atomic mass is 10.1. The normalized spacial score (nSPS) is 15.9. The summed E-state index contributed by atoms with van der Waals surface area (Å²) >= 11 is 6.41. The third kappa shape index (κ3) is 3.08. The molecule has 2 aromatic rings. The van der Waals surface area contributed by atoms with Crippen molar-refractivity contribution in [2.45, 2.75) is 18.9 Å². The molecule has 1 aliphatic heterocycles. The van der Waals surface area contributed by atoms with Crippen LogP contribution >= 0.6 is 11.6 Å². The minimum absolute atomic E-state index is 0.284. The molecule has 0 aliphatic carbocycles. The lowest BCUT2D eigenvalue weighted by molar-refractivity contribution is 0.0663. The second-order valence-electron chi connectivity index (χ2n) is 4.78. The third-order valence-electron chi connectivity index (χ3n) is 3.43. The van der Waals surface area contributed by atoms with E-state index in [2.05, 4.69) is 25.7 Å². The Kier molecular flexibility index (Phi) is 4.21. The summed E-state index contributed by atoms with van der Waals surface area (Å²) < 4.78 is 7.20. The van der Waals surface area contributed by atoms with E-state index in [4.69, 9.17) is 16.3 Å².